The van der Waals surface area contributed by atoms with Crippen LogP contribution in [0.5, 0.6) is 0 Å². The van der Waals surface area contributed by atoms with Crippen molar-refractivity contribution in [3.05, 3.63) is 35.9 Å². The number of para-hydroxylation sites is 1. The van der Waals surface area contributed by atoms with E-state index in [4.69, 9.17) is 5.11 Å². The molecule has 0 bridgehead atoms. The van der Waals surface area contributed by atoms with Crippen molar-refractivity contribution < 1.29 is 10.2 Å². The Hall–Kier alpha value is -1.10. The van der Waals surface area contributed by atoms with Gasteiger partial charge in [-0.05, 0) is 12.1 Å². The van der Waals surface area contributed by atoms with E-state index < -0.39 is 0 Å². The summed E-state index contributed by atoms with van der Waals surface area (Å²) < 4.78 is 0. The Labute approximate surface area is 105 Å². The first kappa shape index (κ1) is 12.4. The molecule has 1 aromatic carbocycles. The quantitative estimate of drug-likeness (QED) is 0.816. The van der Waals surface area contributed by atoms with Gasteiger partial charge < -0.3 is 10.2 Å². The molecule has 1 aromatic heterocycles. The maximum atomic E-state index is 9.35. The number of aliphatic hydroxyl groups is 2. The minimum absolute atomic E-state index is 0.0294. The highest BCUT2D eigenvalue weighted by Gasteiger charge is 2.10. The normalized spacial score (nSPS) is 12.9. The molecule has 90 valence electrons. The van der Waals surface area contributed by atoms with E-state index >= 15 is 0 Å². The van der Waals surface area contributed by atoms with Crippen LogP contribution in [0.2, 0.25) is 0 Å². The van der Waals surface area contributed by atoms with Gasteiger partial charge in [-0.15, -0.1) is 11.8 Å². The van der Waals surface area contributed by atoms with Crippen LogP contribution in [0.1, 0.15) is 12.5 Å². The summed E-state index contributed by atoms with van der Waals surface area (Å²) in [6.45, 7) is 2.01. The molecule has 0 aliphatic heterocycles. The molecule has 0 fully saturated rings. The van der Waals surface area contributed by atoms with E-state index in [0.29, 0.717) is 0 Å². The SMILES string of the molecule is CC(CO)Sc1nc2ccccc2cc1CO. The molecule has 0 radical (unpaired) electrons. The number of fused-ring (bicyclic) bond motifs is 1. The molecule has 2 aromatic rings. The number of benzene rings is 1. The fraction of sp³-hybridized carbons (Fsp3) is 0.308. The molecule has 0 aliphatic carbocycles. The van der Waals surface area contributed by atoms with Crippen molar-refractivity contribution in [1.82, 2.24) is 4.98 Å². The molecule has 0 saturated carbocycles. The van der Waals surface area contributed by atoms with E-state index in [1.165, 1.54) is 11.8 Å². The fourth-order valence-corrected chi connectivity index (χ4v) is 2.47. The van der Waals surface area contributed by atoms with Gasteiger partial charge in [0.1, 0.15) is 5.03 Å². The van der Waals surface area contributed by atoms with Gasteiger partial charge in [0.15, 0.2) is 0 Å². The van der Waals surface area contributed by atoms with E-state index in [0.717, 1.165) is 21.5 Å². The van der Waals surface area contributed by atoms with Crippen LogP contribution in [0.15, 0.2) is 35.4 Å². The molecule has 17 heavy (non-hydrogen) atoms. The lowest BCUT2D eigenvalue weighted by Crippen LogP contribution is -2.04. The van der Waals surface area contributed by atoms with Gasteiger partial charge in [0.05, 0.1) is 18.7 Å². The van der Waals surface area contributed by atoms with Gasteiger partial charge in [-0.2, -0.15) is 0 Å². The molecule has 3 nitrogen and oxygen atoms in total. The largest absolute Gasteiger partial charge is 0.395 e. The number of nitrogens with zero attached hydrogens (tertiary/aromatic N) is 1. The summed E-state index contributed by atoms with van der Waals surface area (Å²) in [7, 11) is 0. The van der Waals surface area contributed by atoms with Crippen LogP contribution >= 0.6 is 11.8 Å². The summed E-state index contributed by atoms with van der Waals surface area (Å²) in [5, 5.41) is 20.3. The van der Waals surface area contributed by atoms with Crippen molar-refractivity contribution in [2.75, 3.05) is 6.61 Å². The van der Waals surface area contributed by atoms with E-state index in [-0.39, 0.29) is 18.5 Å². The zero-order valence-electron chi connectivity index (χ0n) is 9.63. The first-order valence-corrected chi connectivity index (χ1v) is 6.39. The van der Waals surface area contributed by atoms with Gasteiger partial charge >= 0.3 is 0 Å². The van der Waals surface area contributed by atoms with Crippen LogP contribution < -0.4 is 0 Å². The van der Waals surface area contributed by atoms with Crippen molar-refractivity contribution in [1.29, 1.82) is 0 Å². The van der Waals surface area contributed by atoms with Crippen LogP contribution in [0, 0.1) is 0 Å². The third kappa shape index (κ3) is 2.77. The predicted molar refractivity (Wildman–Crippen MR) is 70.1 cm³/mol. The van der Waals surface area contributed by atoms with Gasteiger partial charge in [-0.3, -0.25) is 0 Å². The Kier molecular flexibility index (Phi) is 3.99. The number of hydrogen-bond acceptors (Lipinski definition) is 4. The molecule has 0 saturated heterocycles. The van der Waals surface area contributed by atoms with Crippen LogP contribution in [0.25, 0.3) is 10.9 Å². The minimum Gasteiger partial charge on any atom is -0.395 e. The number of aromatic nitrogens is 1. The zero-order valence-corrected chi connectivity index (χ0v) is 10.4. The first-order valence-electron chi connectivity index (χ1n) is 5.51. The molecule has 0 aliphatic rings. The second kappa shape index (κ2) is 5.49. The third-order valence-corrected chi connectivity index (χ3v) is 3.63. The number of thioether (sulfide) groups is 1. The van der Waals surface area contributed by atoms with E-state index in [9.17, 15) is 5.11 Å². The summed E-state index contributed by atoms with van der Waals surface area (Å²) in [5.41, 5.74) is 1.73. The molecular formula is C13H15NO2S. The molecule has 1 heterocycles. The maximum absolute atomic E-state index is 9.35. The van der Waals surface area contributed by atoms with Crippen molar-refractivity contribution in [2.45, 2.75) is 23.8 Å². The smallest absolute Gasteiger partial charge is 0.103 e. The Balaban J connectivity index is 2.45. The van der Waals surface area contributed by atoms with Gasteiger partial charge in [-0.1, -0.05) is 25.1 Å². The van der Waals surface area contributed by atoms with Crippen molar-refractivity contribution in [2.24, 2.45) is 0 Å². The topological polar surface area (TPSA) is 53.4 Å². The molecule has 4 heteroatoms. The molecule has 1 unspecified atom stereocenters. The average molecular weight is 249 g/mol. The zero-order chi connectivity index (χ0) is 12.3. The lowest BCUT2D eigenvalue weighted by atomic mass is 10.2. The summed E-state index contributed by atoms with van der Waals surface area (Å²) in [6, 6.07) is 9.77. The third-order valence-electron chi connectivity index (χ3n) is 2.50. The highest BCUT2D eigenvalue weighted by molar-refractivity contribution is 7.99. The molecular weight excluding hydrogens is 234 g/mol. The van der Waals surface area contributed by atoms with Gasteiger partial charge in [0.25, 0.3) is 0 Å². The monoisotopic (exact) mass is 249 g/mol. The number of aliphatic hydroxyl groups excluding tert-OH is 2. The second-order valence-corrected chi connectivity index (χ2v) is 5.34. The summed E-state index contributed by atoms with van der Waals surface area (Å²) in [6.07, 6.45) is 0. The van der Waals surface area contributed by atoms with E-state index in [1.807, 2.05) is 37.3 Å². The Morgan fingerprint density at radius 1 is 1.29 bits per heavy atom. The van der Waals surface area contributed by atoms with Gasteiger partial charge in [0, 0.05) is 16.2 Å². The van der Waals surface area contributed by atoms with Gasteiger partial charge in [-0.25, -0.2) is 4.98 Å². The highest BCUT2D eigenvalue weighted by atomic mass is 32.2. The Bertz CT molecular complexity index is 516. The molecule has 0 amide bonds. The van der Waals surface area contributed by atoms with Crippen LogP contribution in [-0.4, -0.2) is 27.1 Å². The van der Waals surface area contributed by atoms with Crippen molar-refractivity contribution >= 4 is 22.7 Å². The van der Waals surface area contributed by atoms with Crippen LogP contribution in [0.3, 0.4) is 0 Å². The van der Waals surface area contributed by atoms with Gasteiger partial charge in [0.2, 0.25) is 0 Å². The minimum atomic E-state index is -0.0294. The summed E-state index contributed by atoms with van der Waals surface area (Å²) >= 11 is 1.49. The first-order chi connectivity index (χ1) is 8.24. The Morgan fingerprint density at radius 2 is 2.06 bits per heavy atom. The van der Waals surface area contributed by atoms with E-state index in [2.05, 4.69) is 4.98 Å². The number of pyridine rings is 1. The highest BCUT2D eigenvalue weighted by Crippen LogP contribution is 2.27. The molecule has 2 N–H and O–H groups in total. The molecule has 0 spiro atoms. The lowest BCUT2D eigenvalue weighted by molar-refractivity contribution is 0.278. The fourth-order valence-electron chi connectivity index (χ4n) is 1.59. The average Bonchev–Trinajstić information content (AvgIpc) is 2.37. The van der Waals surface area contributed by atoms with Crippen molar-refractivity contribution in [3.63, 3.8) is 0 Å². The summed E-state index contributed by atoms with van der Waals surface area (Å²) in [4.78, 5) is 4.53. The lowest BCUT2D eigenvalue weighted by Gasteiger charge is -2.11. The Morgan fingerprint density at radius 3 is 2.76 bits per heavy atom. The maximum Gasteiger partial charge on any atom is 0.103 e. The second-order valence-electron chi connectivity index (χ2n) is 3.91. The number of rotatable bonds is 4. The van der Waals surface area contributed by atoms with E-state index in [1.54, 1.807) is 0 Å². The van der Waals surface area contributed by atoms with Crippen LogP contribution in [0.4, 0.5) is 0 Å². The van der Waals surface area contributed by atoms with Crippen molar-refractivity contribution in [3.8, 4) is 0 Å². The molecule has 2 rings (SSSR count). The predicted octanol–water partition coefficient (Wildman–Crippen LogP) is 2.20. The van der Waals surface area contributed by atoms with Crippen LogP contribution in [-0.2, 0) is 6.61 Å². The number of hydrogen-bond donors (Lipinski definition) is 2. The standard InChI is InChI=1S/C13H15NO2S/c1-9(7-15)17-13-11(8-16)6-10-4-2-3-5-12(10)14-13/h2-6,9,15-16H,7-8H2,1H3. The summed E-state index contributed by atoms with van der Waals surface area (Å²) in [5.74, 6) is 0. The molecule has 1 atom stereocenters.